The molecule has 1 unspecified atom stereocenters. The van der Waals surface area contributed by atoms with Crippen molar-refractivity contribution in [2.45, 2.75) is 37.7 Å². The highest BCUT2D eigenvalue weighted by Gasteiger charge is 2.36. The number of halogens is 8. The van der Waals surface area contributed by atoms with Gasteiger partial charge in [0, 0.05) is 46.0 Å². The molecule has 4 rings (SSSR count). The highest BCUT2D eigenvalue weighted by molar-refractivity contribution is 8.11. The topological polar surface area (TPSA) is 75.3 Å². The Morgan fingerprint density at radius 2 is 1.90 bits per heavy atom. The van der Waals surface area contributed by atoms with Crippen molar-refractivity contribution in [3.8, 4) is 11.3 Å². The minimum absolute atomic E-state index is 0.000855. The molecule has 0 fully saturated rings. The number of hydrogen-bond acceptors (Lipinski definition) is 8. The van der Waals surface area contributed by atoms with E-state index in [1.165, 1.54) is 52.8 Å². The number of allylic oxidation sites excluding steroid dienone is 4. The zero-order chi connectivity index (χ0) is 35.2. The first kappa shape index (κ1) is 37.3. The molecule has 1 aromatic heterocycles. The van der Waals surface area contributed by atoms with Gasteiger partial charge < -0.3 is 10.2 Å². The predicted octanol–water partition coefficient (Wildman–Crippen LogP) is 7.24. The number of rotatable bonds is 11. The summed E-state index contributed by atoms with van der Waals surface area (Å²) >= 11 is 6.72. The van der Waals surface area contributed by atoms with Gasteiger partial charge in [0.05, 0.1) is 35.9 Å². The van der Waals surface area contributed by atoms with Gasteiger partial charge in [-0.25, -0.2) is 28.2 Å². The largest absolute Gasteiger partial charge is 0.691 e. The highest BCUT2D eigenvalue weighted by Crippen LogP contribution is 2.45. The van der Waals surface area contributed by atoms with Crippen LogP contribution >= 0.6 is 34.5 Å². The predicted molar refractivity (Wildman–Crippen MR) is 166 cm³/mol. The third kappa shape index (κ3) is 8.36. The lowest BCUT2D eigenvalue weighted by molar-refractivity contribution is -0.776. The number of benzene rings is 2. The van der Waals surface area contributed by atoms with Crippen LogP contribution in [0.25, 0.3) is 17.1 Å². The van der Waals surface area contributed by atoms with E-state index >= 15 is 4.39 Å². The lowest BCUT2D eigenvalue weighted by Crippen LogP contribution is -2.35. The van der Waals surface area contributed by atoms with Crippen molar-refractivity contribution >= 4 is 68.4 Å². The SMILES string of the molecule is CC[n+]1c(/C=C/C=C/C(F)=C2/N(C)c3cc(Cl)c(COOC)cc3N2C#CSOO[O-])n(CC(F)(F)F)c2cc(S(F)=C(F)F)ccc21. The molecular formula is C29H24ClF7N4O5S2. The molecule has 0 saturated heterocycles. The molecule has 0 aliphatic carbocycles. The second-order valence-electron chi connectivity index (χ2n) is 9.52. The van der Waals surface area contributed by atoms with Crippen molar-refractivity contribution in [2.24, 2.45) is 0 Å². The number of aromatic nitrogens is 2. The number of nitrogens with zero attached hydrogens (tertiary/aromatic N) is 4. The van der Waals surface area contributed by atoms with E-state index in [0.29, 0.717) is 29.0 Å². The van der Waals surface area contributed by atoms with Gasteiger partial charge >= 0.3 is 11.5 Å². The average Bonchev–Trinajstić information content (AvgIpc) is 3.47. The first-order chi connectivity index (χ1) is 22.8. The summed E-state index contributed by atoms with van der Waals surface area (Å²) in [4.78, 5) is 11.8. The molecule has 3 aromatic rings. The monoisotopic (exact) mass is 740 g/mol. The fourth-order valence-corrected chi connectivity index (χ4v) is 5.87. The Morgan fingerprint density at radius 3 is 2.54 bits per heavy atom. The van der Waals surface area contributed by atoms with E-state index in [0.717, 1.165) is 22.8 Å². The molecule has 258 valence electrons. The molecule has 0 saturated carbocycles. The smallest absolute Gasteiger partial charge is 0.426 e. The molecule has 0 spiro atoms. The molecule has 0 radical (unpaired) electrons. The third-order valence-corrected chi connectivity index (χ3v) is 8.35. The Balaban J connectivity index is 1.77. The zero-order valence-corrected chi connectivity index (χ0v) is 27.4. The number of hydrogen-bond donors (Lipinski definition) is 0. The number of imidazole rings is 1. The second-order valence-corrected chi connectivity index (χ2v) is 11.7. The van der Waals surface area contributed by atoms with Gasteiger partial charge in [-0.05, 0) is 37.3 Å². The highest BCUT2D eigenvalue weighted by atomic mass is 35.5. The summed E-state index contributed by atoms with van der Waals surface area (Å²) in [6, 6.07) is 9.10. The van der Waals surface area contributed by atoms with Crippen molar-refractivity contribution in [1.29, 1.82) is 0 Å². The molecule has 0 N–H and O–H groups in total. The fraction of sp³-hybridized carbons (Fsp3) is 0.241. The van der Waals surface area contributed by atoms with Gasteiger partial charge in [0.25, 0.3) is 5.82 Å². The molecule has 2 heterocycles. The normalized spacial score (nSPS) is 15.1. The van der Waals surface area contributed by atoms with Crippen LogP contribution in [-0.4, -0.2) is 30.3 Å². The summed E-state index contributed by atoms with van der Waals surface area (Å²) in [7, 11) is -0.230. The van der Waals surface area contributed by atoms with Gasteiger partial charge in [-0.2, -0.15) is 30.2 Å². The van der Waals surface area contributed by atoms with Crippen LogP contribution < -0.4 is 19.6 Å². The standard InChI is InChI=1S/C29H24ClF7N4O5S2/c1-4-39-22-10-9-19(48(37)28(32)33)14-25(22)41(17-29(34,35)36)26(39)8-6-5-7-21(31)27-38(2)23-15-20(30)18(16-44-43-3)13-24(23)40(27)11-12-47-46-45-42/h5-10,13-15H,4,16-17H2,1-3H3. The summed E-state index contributed by atoms with van der Waals surface area (Å²) in [5.74, 6) is -0.931. The van der Waals surface area contributed by atoms with Crippen molar-refractivity contribution < 1.29 is 59.2 Å². The number of alkyl halides is 3. The average molecular weight is 741 g/mol. The van der Waals surface area contributed by atoms with Crippen LogP contribution in [0.15, 0.2) is 65.1 Å². The van der Waals surface area contributed by atoms with E-state index in [2.05, 4.69) is 25.6 Å². The second kappa shape index (κ2) is 16.2. The van der Waals surface area contributed by atoms with Crippen LogP contribution in [0.4, 0.5) is 41.6 Å². The molecule has 0 amide bonds. The van der Waals surface area contributed by atoms with E-state index in [1.807, 2.05) is 0 Å². The molecule has 19 heteroatoms. The Kier molecular flexibility index (Phi) is 12.6. The van der Waals surface area contributed by atoms with Crippen LogP contribution in [0.1, 0.15) is 18.3 Å². The lowest BCUT2D eigenvalue weighted by atomic mass is 10.1. The maximum Gasteiger partial charge on any atom is 0.426 e. The first-order valence-electron chi connectivity index (χ1n) is 13.4. The van der Waals surface area contributed by atoms with Crippen LogP contribution in [0.2, 0.25) is 5.02 Å². The summed E-state index contributed by atoms with van der Waals surface area (Å²) in [6.07, 6.45) is 0.110. The van der Waals surface area contributed by atoms with E-state index < -0.39 is 39.7 Å². The third-order valence-electron chi connectivity index (χ3n) is 6.76. The van der Waals surface area contributed by atoms with Gasteiger partial charge in [-0.15, -0.1) is 0 Å². The molecule has 2 aromatic carbocycles. The Bertz CT molecular complexity index is 1870. The number of aryl methyl sites for hydroxylation is 1. The molecule has 48 heavy (non-hydrogen) atoms. The van der Waals surface area contributed by atoms with E-state index in [1.54, 1.807) is 19.1 Å². The number of anilines is 2. The molecule has 9 nitrogen and oxygen atoms in total. The van der Waals surface area contributed by atoms with E-state index in [4.69, 9.17) is 16.5 Å². The number of fused-ring (bicyclic) bond motifs is 2. The summed E-state index contributed by atoms with van der Waals surface area (Å²) in [5.41, 5.74) is 1.43. The molecule has 1 aliphatic heterocycles. The Hall–Kier alpha value is -3.54. The maximum atomic E-state index is 15.8. The van der Waals surface area contributed by atoms with Crippen molar-refractivity contribution in [3.63, 3.8) is 0 Å². The Labute approximate surface area is 281 Å². The summed E-state index contributed by atoms with van der Waals surface area (Å²) in [6.45, 7) is 0.278. The molecule has 0 bridgehead atoms. The molecule has 1 aliphatic rings. The van der Waals surface area contributed by atoms with Crippen LogP contribution in [-0.2, 0) is 38.8 Å². The summed E-state index contributed by atoms with van der Waals surface area (Å²) < 4.78 is 103. The van der Waals surface area contributed by atoms with Crippen LogP contribution in [0, 0.1) is 11.3 Å². The first-order valence-corrected chi connectivity index (χ1v) is 15.7. The maximum absolute atomic E-state index is 15.8. The van der Waals surface area contributed by atoms with Crippen molar-refractivity contribution in [2.75, 3.05) is 24.0 Å². The van der Waals surface area contributed by atoms with Crippen LogP contribution in [0.5, 0.6) is 0 Å². The lowest BCUT2D eigenvalue weighted by Gasteiger charge is -2.17. The molecular weight excluding hydrogens is 717 g/mol. The van der Waals surface area contributed by atoms with E-state index in [-0.39, 0.29) is 40.9 Å². The van der Waals surface area contributed by atoms with Gasteiger partial charge in [0.1, 0.15) is 18.6 Å². The fourth-order valence-electron chi connectivity index (χ4n) is 4.88. The minimum atomic E-state index is -4.72. The Morgan fingerprint density at radius 1 is 1.15 bits per heavy atom. The zero-order valence-electron chi connectivity index (χ0n) is 25.0. The minimum Gasteiger partial charge on any atom is -0.691 e. The van der Waals surface area contributed by atoms with Crippen molar-refractivity contribution in [3.05, 3.63) is 76.6 Å². The van der Waals surface area contributed by atoms with E-state index in [9.17, 15) is 31.1 Å². The quantitative estimate of drug-likeness (QED) is 0.0195. The van der Waals surface area contributed by atoms with Crippen LogP contribution in [0.3, 0.4) is 0 Å². The summed E-state index contributed by atoms with van der Waals surface area (Å²) in [5, 5.41) is 13.6. The van der Waals surface area contributed by atoms with Crippen molar-refractivity contribution in [1.82, 2.24) is 4.57 Å². The van der Waals surface area contributed by atoms with Gasteiger partial charge in [0.2, 0.25) is 0 Å². The van der Waals surface area contributed by atoms with Gasteiger partial charge in [0.15, 0.2) is 29.2 Å². The van der Waals surface area contributed by atoms with Gasteiger partial charge in [-0.3, -0.25) is 5.04 Å². The van der Waals surface area contributed by atoms with Gasteiger partial charge in [-0.1, -0.05) is 23.8 Å². The molecule has 1 atom stereocenters.